The number of ether oxygens (including phenoxy) is 2. The molecule has 2 aliphatic heterocycles. The summed E-state index contributed by atoms with van der Waals surface area (Å²) < 4.78 is 12.1. The summed E-state index contributed by atoms with van der Waals surface area (Å²) in [5.74, 6) is 1.37. The summed E-state index contributed by atoms with van der Waals surface area (Å²) in [7, 11) is 0. The minimum atomic E-state index is -0.164. The van der Waals surface area contributed by atoms with Crippen LogP contribution in [-0.2, 0) is 13.1 Å². The third-order valence-corrected chi connectivity index (χ3v) is 5.91. The van der Waals surface area contributed by atoms with Crippen molar-refractivity contribution >= 4 is 35.1 Å². The minimum Gasteiger partial charge on any atom is -0.478 e. The van der Waals surface area contributed by atoms with Crippen LogP contribution in [0.25, 0.3) is 6.08 Å². The van der Waals surface area contributed by atoms with E-state index in [1.54, 1.807) is 30.5 Å². The van der Waals surface area contributed by atoms with Crippen molar-refractivity contribution in [2.45, 2.75) is 20.0 Å². The maximum absolute atomic E-state index is 13.1. The molecule has 1 aromatic heterocycles. The number of benzene rings is 2. The lowest BCUT2D eigenvalue weighted by Crippen LogP contribution is -2.32. The highest BCUT2D eigenvalue weighted by Gasteiger charge is 2.35. The third kappa shape index (κ3) is 3.81. The van der Waals surface area contributed by atoms with E-state index in [9.17, 15) is 4.79 Å². The Labute approximate surface area is 189 Å². The van der Waals surface area contributed by atoms with Crippen LogP contribution in [0.15, 0.2) is 54.4 Å². The molecule has 2 aliphatic rings. The molecule has 31 heavy (non-hydrogen) atoms. The van der Waals surface area contributed by atoms with Gasteiger partial charge in [0.15, 0.2) is 5.76 Å². The Bertz CT molecular complexity index is 1230. The molecule has 5 nitrogen and oxygen atoms in total. The van der Waals surface area contributed by atoms with Gasteiger partial charge < -0.3 is 9.47 Å². The highest BCUT2D eigenvalue weighted by Crippen LogP contribution is 2.44. The summed E-state index contributed by atoms with van der Waals surface area (Å²) in [6, 6.07) is 12.9. The molecule has 0 radical (unpaired) electrons. The van der Waals surface area contributed by atoms with Gasteiger partial charge in [-0.15, -0.1) is 0 Å². The van der Waals surface area contributed by atoms with E-state index in [-0.39, 0.29) is 11.5 Å². The quantitative estimate of drug-likeness (QED) is 0.479. The summed E-state index contributed by atoms with van der Waals surface area (Å²) >= 11 is 12.3. The van der Waals surface area contributed by atoms with Crippen molar-refractivity contribution in [2.24, 2.45) is 0 Å². The van der Waals surface area contributed by atoms with Crippen LogP contribution in [0.2, 0.25) is 10.0 Å². The van der Waals surface area contributed by atoms with Crippen molar-refractivity contribution in [2.75, 3.05) is 6.73 Å². The highest BCUT2D eigenvalue weighted by molar-refractivity contribution is 6.35. The van der Waals surface area contributed by atoms with Crippen LogP contribution in [-0.4, -0.2) is 22.4 Å². The van der Waals surface area contributed by atoms with E-state index in [0.717, 1.165) is 22.6 Å². The first-order valence-corrected chi connectivity index (χ1v) is 10.6. The standard InChI is InChI=1S/C24H18Cl2N2O3/c1-14-8-20-18(12-28(13-30-20)11-17-4-2-3-7-27-17)24-22(14)23(29)21(31-24)9-15-5-6-16(25)10-19(15)26/h2-10H,11-13H2,1H3/b21-9-. The van der Waals surface area contributed by atoms with E-state index in [2.05, 4.69) is 9.88 Å². The van der Waals surface area contributed by atoms with Gasteiger partial charge in [-0.05, 0) is 54.5 Å². The molecule has 0 N–H and O–H groups in total. The van der Waals surface area contributed by atoms with Gasteiger partial charge in [-0.1, -0.05) is 35.3 Å². The molecule has 0 unspecified atom stereocenters. The van der Waals surface area contributed by atoms with Gasteiger partial charge in [0.25, 0.3) is 0 Å². The topological polar surface area (TPSA) is 51.7 Å². The van der Waals surface area contributed by atoms with Crippen LogP contribution < -0.4 is 9.47 Å². The number of fused-ring (bicyclic) bond motifs is 3. The Hall–Kier alpha value is -2.86. The molecule has 0 atom stereocenters. The van der Waals surface area contributed by atoms with Crippen molar-refractivity contribution in [1.82, 2.24) is 9.88 Å². The van der Waals surface area contributed by atoms with E-state index < -0.39 is 0 Å². The second-order valence-corrected chi connectivity index (χ2v) is 8.41. The summed E-state index contributed by atoms with van der Waals surface area (Å²) in [6.45, 7) is 3.57. The van der Waals surface area contributed by atoms with Crippen molar-refractivity contribution in [3.8, 4) is 11.5 Å². The smallest absolute Gasteiger partial charge is 0.232 e. The fourth-order valence-electron chi connectivity index (χ4n) is 3.86. The molecule has 2 aromatic carbocycles. The van der Waals surface area contributed by atoms with Crippen LogP contribution >= 0.6 is 23.2 Å². The molecule has 0 spiro atoms. The SMILES string of the molecule is Cc1cc2c(c3c1C(=O)/C(=C/c1ccc(Cl)cc1Cl)O3)CN(Cc1ccccn1)CO2. The first-order valence-electron chi connectivity index (χ1n) is 9.80. The van der Waals surface area contributed by atoms with Crippen molar-refractivity contribution in [3.63, 3.8) is 0 Å². The molecule has 0 saturated carbocycles. The third-order valence-electron chi connectivity index (χ3n) is 5.35. The van der Waals surface area contributed by atoms with E-state index in [1.807, 2.05) is 31.2 Å². The fraction of sp³-hybridized carbons (Fsp3) is 0.167. The molecule has 0 fully saturated rings. The zero-order chi connectivity index (χ0) is 21.5. The van der Waals surface area contributed by atoms with Crippen LogP contribution in [0.5, 0.6) is 11.5 Å². The zero-order valence-electron chi connectivity index (χ0n) is 16.7. The number of pyridine rings is 1. The van der Waals surface area contributed by atoms with Crippen LogP contribution in [0, 0.1) is 6.92 Å². The number of allylic oxidation sites excluding steroid dienone is 1. The number of Topliss-reactive ketones (excluding diaryl/α,β-unsaturated/α-hetero) is 1. The summed E-state index contributed by atoms with van der Waals surface area (Å²) in [5, 5.41) is 0.986. The van der Waals surface area contributed by atoms with E-state index >= 15 is 0 Å². The number of carbonyl (C=O) groups is 1. The molecule has 7 heteroatoms. The molecule has 3 aromatic rings. The summed E-state index contributed by atoms with van der Waals surface area (Å²) in [4.78, 5) is 19.6. The van der Waals surface area contributed by atoms with Crippen molar-refractivity contribution in [1.29, 1.82) is 0 Å². The number of aromatic nitrogens is 1. The lowest BCUT2D eigenvalue weighted by atomic mass is 9.98. The second kappa shape index (κ2) is 8.00. The lowest BCUT2D eigenvalue weighted by molar-refractivity contribution is 0.0861. The molecule has 0 bridgehead atoms. The van der Waals surface area contributed by atoms with E-state index in [0.29, 0.717) is 46.7 Å². The lowest BCUT2D eigenvalue weighted by Gasteiger charge is -2.29. The number of hydrogen-bond acceptors (Lipinski definition) is 5. The number of nitrogens with zero attached hydrogens (tertiary/aromatic N) is 2. The van der Waals surface area contributed by atoms with Gasteiger partial charge in [0, 0.05) is 29.3 Å². The fourth-order valence-corrected chi connectivity index (χ4v) is 4.32. The number of ketones is 1. The number of aryl methyl sites for hydroxylation is 1. The van der Waals surface area contributed by atoms with Crippen molar-refractivity contribution in [3.05, 3.63) is 92.4 Å². The van der Waals surface area contributed by atoms with Gasteiger partial charge in [-0.3, -0.25) is 14.7 Å². The normalized spacial score (nSPS) is 16.6. The Morgan fingerprint density at radius 2 is 2.06 bits per heavy atom. The second-order valence-electron chi connectivity index (χ2n) is 7.56. The van der Waals surface area contributed by atoms with Gasteiger partial charge in [0.2, 0.25) is 5.78 Å². The molecule has 156 valence electrons. The monoisotopic (exact) mass is 452 g/mol. The molecule has 3 heterocycles. The van der Waals surface area contributed by atoms with Crippen LogP contribution in [0.1, 0.15) is 32.7 Å². The largest absolute Gasteiger partial charge is 0.478 e. The highest BCUT2D eigenvalue weighted by atomic mass is 35.5. The summed E-state index contributed by atoms with van der Waals surface area (Å²) in [5.41, 5.74) is 3.87. The average molecular weight is 453 g/mol. The number of rotatable bonds is 3. The minimum absolute atomic E-state index is 0.164. The zero-order valence-corrected chi connectivity index (χ0v) is 18.2. The van der Waals surface area contributed by atoms with Gasteiger partial charge >= 0.3 is 0 Å². The number of carbonyl (C=O) groups excluding carboxylic acids is 1. The van der Waals surface area contributed by atoms with Crippen molar-refractivity contribution < 1.29 is 14.3 Å². The Kier molecular flexibility index (Phi) is 5.18. The van der Waals surface area contributed by atoms with E-state index in [4.69, 9.17) is 32.7 Å². The maximum Gasteiger partial charge on any atom is 0.232 e. The maximum atomic E-state index is 13.1. The average Bonchev–Trinajstić information content (AvgIpc) is 3.08. The molecular formula is C24H18Cl2N2O3. The predicted octanol–water partition coefficient (Wildman–Crippen LogP) is 5.67. The Balaban J connectivity index is 1.48. The first-order chi connectivity index (χ1) is 15.0. The molecule has 0 saturated heterocycles. The Morgan fingerprint density at radius 3 is 2.84 bits per heavy atom. The molecule has 0 amide bonds. The molecular weight excluding hydrogens is 435 g/mol. The van der Waals surface area contributed by atoms with Crippen LogP contribution in [0.4, 0.5) is 0 Å². The summed E-state index contributed by atoms with van der Waals surface area (Å²) in [6.07, 6.45) is 3.43. The molecule has 0 aliphatic carbocycles. The number of halogens is 2. The van der Waals surface area contributed by atoms with Gasteiger partial charge in [-0.25, -0.2) is 0 Å². The first kappa shape index (κ1) is 20.1. The number of hydrogen-bond donors (Lipinski definition) is 0. The predicted molar refractivity (Wildman–Crippen MR) is 120 cm³/mol. The van der Waals surface area contributed by atoms with E-state index in [1.165, 1.54) is 0 Å². The van der Waals surface area contributed by atoms with Gasteiger partial charge in [0.05, 0.1) is 16.8 Å². The molecule has 5 rings (SSSR count). The van der Waals surface area contributed by atoms with Gasteiger partial charge in [-0.2, -0.15) is 0 Å². The Morgan fingerprint density at radius 1 is 1.19 bits per heavy atom. The van der Waals surface area contributed by atoms with Crippen LogP contribution in [0.3, 0.4) is 0 Å². The van der Waals surface area contributed by atoms with Gasteiger partial charge in [0.1, 0.15) is 18.2 Å².